The number of nitrogens with one attached hydrogen (secondary N) is 1. The fourth-order valence-electron chi connectivity index (χ4n) is 4.37. The van der Waals surface area contributed by atoms with Crippen molar-refractivity contribution < 1.29 is 14.3 Å². The number of aromatic nitrogens is 5. The second kappa shape index (κ2) is 11.1. The maximum Gasteiger partial charge on any atom is 0.255 e. The van der Waals surface area contributed by atoms with Gasteiger partial charge < -0.3 is 20.6 Å². The minimum Gasteiger partial charge on any atom is -0.507 e. The summed E-state index contributed by atoms with van der Waals surface area (Å²) in [5.41, 5.74) is 10.2. The number of hydrogen-bond acceptors (Lipinski definition) is 8. The zero-order valence-corrected chi connectivity index (χ0v) is 21.0. The lowest BCUT2D eigenvalue weighted by molar-refractivity contribution is 0.0949. The van der Waals surface area contributed by atoms with E-state index in [1.54, 1.807) is 41.3 Å². The van der Waals surface area contributed by atoms with E-state index in [1.807, 2.05) is 12.1 Å². The van der Waals surface area contributed by atoms with E-state index in [-0.39, 0.29) is 17.6 Å². The topological polar surface area (TPSA) is 145 Å². The van der Waals surface area contributed by atoms with Crippen LogP contribution in [0.3, 0.4) is 0 Å². The molecule has 5 rings (SSSR count). The average Bonchev–Trinajstić information content (AvgIpc) is 3.58. The number of amides is 1. The highest BCUT2D eigenvalue weighted by Crippen LogP contribution is 2.26. The van der Waals surface area contributed by atoms with Gasteiger partial charge in [-0.25, -0.2) is 9.67 Å². The zero-order chi connectivity index (χ0) is 26.5. The van der Waals surface area contributed by atoms with Gasteiger partial charge in [0, 0.05) is 6.54 Å². The largest absolute Gasteiger partial charge is 0.507 e. The van der Waals surface area contributed by atoms with Crippen LogP contribution < -0.4 is 11.1 Å². The molecule has 0 aliphatic heterocycles. The summed E-state index contributed by atoms with van der Waals surface area (Å²) in [6.07, 6.45) is 4.32. The van der Waals surface area contributed by atoms with Crippen LogP contribution in [0.4, 0.5) is 5.95 Å². The highest BCUT2D eigenvalue weighted by Gasteiger charge is 2.17. The number of aryl methyl sites for hydroxylation is 1. The molecule has 5 aromatic rings. The smallest absolute Gasteiger partial charge is 0.255 e. The van der Waals surface area contributed by atoms with Crippen LogP contribution >= 0.6 is 0 Å². The minimum absolute atomic E-state index is 0.00861. The van der Waals surface area contributed by atoms with E-state index in [0.29, 0.717) is 47.2 Å². The Hall–Kier alpha value is -4.73. The molecule has 0 aliphatic rings. The normalized spacial score (nSPS) is 12.0. The van der Waals surface area contributed by atoms with Crippen molar-refractivity contribution in [3.63, 3.8) is 0 Å². The van der Waals surface area contributed by atoms with Crippen LogP contribution in [0, 0.1) is 5.92 Å². The van der Waals surface area contributed by atoms with Crippen molar-refractivity contribution >= 4 is 23.0 Å². The van der Waals surface area contributed by atoms with Gasteiger partial charge in [-0.15, -0.1) is 5.10 Å². The summed E-state index contributed by atoms with van der Waals surface area (Å²) >= 11 is 0. The number of phenolic OH excluding ortho intramolecular Hbond substituents is 1. The number of fused-ring (bicyclic) bond motifs is 1. The lowest BCUT2D eigenvalue weighted by atomic mass is 9.97. The maximum atomic E-state index is 12.3. The monoisotopic (exact) mass is 511 g/mol. The number of phenols is 1. The number of nitrogen functional groups attached to an aromatic ring is 1. The number of aromatic hydroxyl groups is 1. The Kier molecular flexibility index (Phi) is 7.30. The Morgan fingerprint density at radius 2 is 1.92 bits per heavy atom. The van der Waals surface area contributed by atoms with E-state index in [9.17, 15) is 9.90 Å². The lowest BCUT2D eigenvalue weighted by Gasteiger charge is -2.13. The SMILES string of the molecule is CC(CCNC(=O)c1ccccc1O)CCc1cccc(Cn2nnc3c(-c4ccco4)nc(N)nc32)c1. The first-order valence-corrected chi connectivity index (χ1v) is 12.5. The Balaban J connectivity index is 1.18. The number of nitrogens with zero attached hydrogens (tertiary/aromatic N) is 5. The summed E-state index contributed by atoms with van der Waals surface area (Å²) in [5.74, 6) is 0.844. The van der Waals surface area contributed by atoms with E-state index in [2.05, 4.69) is 44.7 Å². The molecule has 3 heterocycles. The van der Waals surface area contributed by atoms with Gasteiger partial charge in [-0.3, -0.25) is 4.79 Å². The van der Waals surface area contributed by atoms with Crippen molar-refractivity contribution in [2.75, 3.05) is 12.3 Å². The van der Waals surface area contributed by atoms with Crippen LogP contribution in [-0.4, -0.2) is 42.5 Å². The molecule has 3 aromatic heterocycles. The van der Waals surface area contributed by atoms with Crippen molar-refractivity contribution in [3.05, 3.63) is 83.6 Å². The second-order valence-electron chi connectivity index (χ2n) is 9.35. The summed E-state index contributed by atoms with van der Waals surface area (Å²) < 4.78 is 7.20. The Morgan fingerprint density at radius 1 is 1.08 bits per heavy atom. The third-order valence-electron chi connectivity index (χ3n) is 6.46. The fraction of sp³-hybridized carbons (Fsp3) is 0.250. The molecule has 0 bridgehead atoms. The van der Waals surface area contributed by atoms with Gasteiger partial charge in [0.25, 0.3) is 5.91 Å². The number of rotatable bonds is 10. The number of anilines is 1. The Labute approximate surface area is 219 Å². The van der Waals surface area contributed by atoms with Crippen LogP contribution in [0.2, 0.25) is 0 Å². The van der Waals surface area contributed by atoms with Crippen molar-refractivity contribution in [2.45, 2.75) is 32.7 Å². The molecule has 10 heteroatoms. The third-order valence-corrected chi connectivity index (χ3v) is 6.46. The van der Waals surface area contributed by atoms with E-state index >= 15 is 0 Å². The van der Waals surface area contributed by atoms with Gasteiger partial charge in [0.15, 0.2) is 16.9 Å². The van der Waals surface area contributed by atoms with E-state index < -0.39 is 0 Å². The molecule has 2 aromatic carbocycles. The van der Waals surface area contributed by atoms with Gasteiger partial charge >= 0.3 is 0 Å². The first-order chi connectivity index (χ1) is 18.5. The van der Waals surface area contributed by atoms with Gasteiger partial charge in [-0.1, -0.05) is 48.5 Å². The standard InChI is InChI=1S/C28H29N7O3/c1-18(13-14-30-27(37)21-8-2-3-9-22(21)36)11-12-19-6-4-7-20(16-19)17-35-26-25(33-34-35)24(31-28(29)32-26)23-10-5-15-38-23/h2-10,15-16,18,36H,11-14,17H2,1H3,(H,30,37)(H2,29,31,32). The molecule has 0 spiro atoms. The number of hydrogen-bond donors (Lipinski definition) is 3. The molecular weight excluding hydrogens is 482 g/mol. The van der Waals surface area contributed by atoms with E-state index in [4.69, 9.17) is 10.2 Å². The van der Waals surface area contributed by atoms with Crippen LogP contribution in [0.25, 0.3) is 22.6 Å². The number of carbonyl (C=O) groups is 1. The van der Waals surface area contributed by atoms with Gasteiger partial charge in [0.05, 0.1) is 18.4 Å². The number of benzene rings is 2. The highest BCUT2D eigenvalue weighted by atomic mass is 16.3. The third kappa shape index (κ3) is 5.64. The highest BCUT2D eigenvalue weighted by molar-refractivity contribution is 5.96. The molecule has 38 heavy (non-hydrogen) atoms. The molecule has 0 fully saturated rings. The summed E-state index contributed by atoms with van der Waals surface area (Å²) in [7, 11) is 0. The van der Waals surface area contributed by atoms with Crippen LogP contribution in [0.5, 0.6) is 5.75 Å². The maximum absolute atomic E-state index is 12.3. The molecule has 10 nitrogen and oxygen atoms in total. The van der Waals surface area contributed by atoms with Crippen molar-refractivity contribution in [2.24, 2.45) is 5.92 Å². The van der Waals surface area contributed by atoms with Gasteiger partial charge in [-0.2, -0.15) is 4.98 Å². The summed E-state index contributed by atoms with van der Waals surface area (Å²) in [6.45, 7) is 3.23. The number of para-hydroxylation sites is 1. The lowest BCUT2D eigenvalue weighted by Crippen LogP contribution is -2.25. The predicted molar refractivity (Wildman–Crippen MR) is 143 cm³/mol. The number of furan rings is 1. The molecule has 0 saturated heterocycles. The molecule has 194 valence electrons. The van der Waals surface area contributed by atoms with Crippen LogP contribution in [-0.2, 0) is 13.0 Å². The molecule has 0 radical (unpaired) electrons. The predicted octanol–water partition coefficient (Wildman–Crippen LogP) is 4.21. The fourth-order valence-corrected chi connectivity index (χ4v) is 4.37. The van der Waals surface area contributed by atoms with Crippen molar-refractivity contribution in [1.82, 2.24) is 30.3 Å². The first-order valence-electron chi connectivity index (χ1n) is 12.5. The zero-order valence-electron chi connectivity index (χ0n) is 21.0. The molecule has 4 N–H and O–H groups in total. The summed E-state index contributed by atoms with van der Waals surface area (Å²) in [5, 5.41) is 21.3. The van der Waals surface area contributed by atoms with Crippen molar-refractivity contribution in [3.8, 4) is 17.2 Å². The summed E-state index contributed by atoms with van der Waals surface area (Å²) in [6, 6.07) is 18.5. The van der Waals surface area contributed by atoms with E-state index in [0.717, 1.165) is 24.8 Å². The van der Waals surface area contributed by atoms with Crippen LogP contribution in [0.1, 0.15) is 41.3 Å². The molecule has 1 unspecified atom stereocenters. The Bertz CT molecular complexity index is 1550. The number of carbonyl (C=O) groups excluding carboxylic acids is 1. The minimum atomic E-state index is -0.257. The van der Waals surface area contributed by atoms with E-state index in [1.165, 1.54) is 11.6 Å². The second-order valence-corrected chi connectivity index (χ2v) is 9.35. The number of nitrogens with two attached hydrogens (primary N) is 1. The average molecular weight is 512 g/mol. The first kappa shape index (κ1) is 24.9. The molecule has 1 amide bonds. The molecule has 0 saturated carbocycles. The molecule has 1 atom stereocenters. The van der Waals surface area contributed by atoms with Gasteiger partial charge in [0.1, 0.15) is 11.4 Å². The summed E-state index contributed by atoms with van der Waals surface area (Å²) in [4.78, 5) is 20.9. The molecular formula is C28H29N7O3. The van der Waals surface area contributed by atoms with Crippen molar-refractivity contribution in [1.29, 1.82) is 0 Å². The van der Waals surface area contributed by atoms with Crippen LogP contribution in [0.15, 0.2) is 71.3 Å². The van der Waals surface area contributed by atoms with Gasteiger partial charge in [-0.05, 0) is 60.6 Å². The van der Waals surface area contributed by atoms with Gasteiger partial charge in [0.2, 0.25) is 5.95 Å². The quantitative estimate of drug-likeness (QED) is 0.253. The Morgan fingerprint density at radius 3 is 2.74 bits per heavy atom. The molecule has 0 aliphatic carbocycles.